The molecule has 0 spiro atoms. The molecular formula is C4H4N3OS-. The zero-order valence-electron chi connectivity index (χ0n) is 4.74. The Hall–Kier alpha value is -1.06. The number of hydrogen-bond donors (Lipinski definition) is 0. The van der Waals surface area contributed by atoms with Crippen LogP contribution in [0.25, 0.3) is 5.41 Å². The van der Waals surface area contributed by atoms with Crippen molar-refractivity contribution in [2.75, 3.05) is 0 Å². The minimum Gasteiger partial charge on any atom is -0.724 e. The molecule has 9 heavy (non-hydrogen) atoms. The summed E-state index contributed by atoms with van der Waals surface area (Å²) in [5, 5.41) is 15.1. The molecule has 0 bridgehead atoms. The molecule has 5 heteroatoms. The molecule has 1 aromatic heterocycles. The smallest absolute Gasteiger partial charge is 0.114 e. The molecule has 0 unspecified atom stereocenters. The number of aryl methyl sites for hydroxylation is 1. The quantitative estimate of drug-likeness (QED) is 0.396. The van der Waals surface area contributed by atoms with E-state index in [0.29, 0.717) is 6.08 Å². The Bertz CT molecular complexity index is 178. The van der Waals surface area contributed by atoms with Gasteiger partial charge in [0.25, 0.3) is 0 Å². The average Bonchev–Trinajstić information content (AvgIpc) is 2.20. The second-order valence-electron chi connectivity index (χ2n) is 1.05. The van der Waals surface area contributed by atoms with Crippen molar-refractivity contribution in [2.24, 2.45) is 0 Å². The lowest BCUT2D eigenvalue weighted by Gasteiger charge is -1.61. The molecule has 0 amide bonds. The average molecular weight is 142 g/mol. The number of isocyanates is 1. The molecule has 0 saturated heterocycles. The van der Waals surface area contributed by atoms with E-state index in [1.807, 2.05) is 6.92 Å². The highest BCUT2D eigenvalue weighted by Gasteiger charge is 1.78. The van der Waals surface area contributed by atoms with Gasteiger partial charge in [0.2, 0.25) is 0 Å². The third-order valence-corrected chi connectivity index (χ3v) is 1.09. The van der Waals surface area contributed by atoms with Crippen molar-refractivity contribution in [2.45, 2.75) is 6.92 Å². The third-order valence-electron chi connectivity index (χ3n) is 0.469. The van der Waals surface area contributed by atoms with Crippen LogP contribution in [0, 0.1) is 6.92 Å². The Kier molecular flexibility index (Phi) is 4.49. The zero-order valence-corrected chi connectivity index (χ0v) is 5.55. The van der Waals surface area contributed by atoms with Crippen LogP contribution in [-0.4, -0.2) is 16.3 Å². The van der Waals surface area contributed by atoms with Gasteiger partial charge in [-0.05, 0) is 13.0 Å². The third kappa shape index (κ3) is 4.80. The van der Waals surface area contributed by atoms with Gasteiger partial charge in [-0.15, -0.1) is 21.5 Å². The highest BCUT2D eigenvalue weighted by molar-refractivity contribution is 7.09. The summed E-state index contributed by atoms with van der Waals surface area (Å²) in [5.41, 5.74) is 1.72. The fourth-order valence-corrected chi connectivity index (χ4v) is 0.569. The van der Waals surface area contributed by atoms with Gasteiger partial charge in [0.1, 0.15) is 10.5 Å². The first-order chi connectivity index (χ1) is 4.31. The Morgan fingerprint density at radius 2 is 2.44 bits per heavy atom. The van der Waals surface area contributed by atoms with Gasteiger partial charge < -0.3 is 5.41 Å². The van der Waals surface area contributed by atoms with Crippen LogP contribution >= 0.6 is 11.3 Å². The molecule has 1 heterocycles. The maximum Gasteiger partial charge on any atom is 0.114 e. The van der Waals surface area contributed by atoms with E-state index in [1.54, 1.807) is 16.8 Å². The van der Waals surface area contributed by atoms with Crippen molar-refractivity contribution in [3.05, 3.63) is 15.9 Å². The molecule has 1 aromatic rings. The van der Waals surface area contributed by atoms with E-state index < -0.39 is 0 Å². The first kappa shape index (κ1) is 7.94. The van der Waals surface area contributed by atoms with E-state index in [4.69, 9.17) is 10.2 Å². The summed E-state index contributed by atoms with van der Waals surface area (Å²) < 4.78 is 0. The zero-order chi connectivity index (χ0) is 7.11. The second-order valence-corrected chi connectivity index (χ2v) is 2.09. The lowest BCUT2D eigenvalue weighted by atomic mass is 10.9. The van der Waals surface area contributed by atoms with Crippen molar-refractivity contribution in [3.8, 4) is 0 Å². The van der Waals surface area contributed by atoms with Gasteiger partial charge in [-0.3, -0.25) is 4.79 Å². The minimum atomic E-state index is 0.500. The molecule has 0 radical (unpaired) electrons. The number of rotatable bonds is 0. The Balaban J connectivity index is 0.000000187. The molecule has 0 atom stereocenters. The number of carbonyl (C=O) groups excluding carboxylic acids is 1. The van der Waals surface area contributed by atoms with Crippen molar-refractivity contribution in [1.82, 2.24) is 10.2 Å². The van der Waals surface area contributed by atoms with E-state index >= 15 is 0 Å². The maximum atomic E-state index is 8.24. The van der Waals surface area contributed by atoms with Gasteiger partial charge in [0.15, 0.2) is 0 Å². The van der Waals surface area contributed by atoms with Crippen molar-refractivity contribution < 1.29 is 4.79 Å². The van der Waals surface area contributed by atoms with Crippen LogP contribution in [0.15, 0.2) is 5.51 Å². The molecule has 0 aliphatic carbocycles. The van der Waals surface area contributed by atoms with Crippen molar-refractivity contribution >= 4 is 17.4 Å². The first-order valence-electron chi connectivity index (χ1n) is 2.05. The predicted octanol–water partition coefficient (Wildman–Crippen LogP) is 0.738. The van der Waals surface area contributed by atoms with Crippen LogP contribution in [0.2, 0.25) is 0 Å². The standard InChI is InChI=1S/C3H4N2S.CNO/c1-3-5-4-2-6-3;2-1-3/h2H,1H3;/q;-1. The summed E-state index contributed by atoms with van der Waals surface area (Å²) in [6.07, 6.45) is 0.500. The molecule has 1 rings (SSSR count). The molecule has 0 aliphatic rings. The summed E-state index contributed by atoms with van der Waals surface area (Å²) in [6.45, 7) is 1.93. The van der Waals surface area contributed by atoms with Crippen LogP contribution in [-0.2, 0) is 4.79 Å². The lowest BCUT2D eigenvalue weighted by molar-refractivity contribution is 0.569. The van der Waals surface area contributed by atoms with E-state index in [1.165, 1.54) is 0 Å². The monoisotopic (exact) mass is 142 g/mol. The highest BCUT2D eigenvalue weighted by Crippen LogP contribution is 1.94. The predicted molar refractivity (Wildman–Crippen MR) is 33.7 cm³/mol. The molecule has 0 saturated carbocycles. The van der Waals surface area contributed by atoms with Crippen LogP contribution in [0.5, 0.6) is 0 Å². The Labute approximate surface area is 56.1 Å². The molecule has 48 valence electrons. The maximum absolute atomic E-state index is 8.24. The fourth-order valence-electron chi connectivity index (χ4n) is 0.228. The Morgan fingerprint density at radius 1 is 1.89 bits per heavy atom. The van der Waals surface area contributed by atoms with Crippen molar-refractivity contribution in [1.29, 1.82) is 0 Å². The minimum absolute atomic E-state index is 0.500. The van der Waals surface area contributed by atoms with Crippen LogP contribution in [0.4, 0.5) is 0 Å². The molecule has 0 fully saturated rings. The van der Waals surface area contributed by atoms with Crippen LogP contribution in [0.3, 0.4) is 0 Å². The van der Waals surface area contributed by atoms with Crippen molar-refractivity contribution in [3.63, 3.8) is 0 Å². The summed E-state index contributed by atoms with van der Waals surface area (Å²) in [4.78, 5) is 8.24. The van der Waals surface area contributed by atoms with Gasteiger partial charge in [0.05, 0.1) is 0 Å². The van der Waals surface area contributed by atoms with Crippen LogP contribution < -0.4 is 0 Å². The number of nitrogens with zero attached hydrogens (tertiary/aromatic N) is 3. The fraction of sp³-hybridized carbons (Fsp3) is 0.250. The highest BCUT2D eigenvalue weighted by atomic mass is 32.1. The molecule has 0 aromatic carbocycles. The summed E-state index contributed by atoms with van der Waals surface area (Å²) in [6, 6.07) is 0. The van der Waals surface area contributed by atoms with E-state index in [9.17, 15) is 0 Å². The Morgan fingerprint density at radius 3 is 2.56 bits per heavy atom. The number of hydrogen-bond acceptors (Lipinski definition) is 4. The van der Waals surface area contributed by atoms with Gasteiger partial charge >= 0.3 is 0 Å². The van der Waals surface area contributed by atoms with E-state index in [2.05, 4.69) is 10.2 Å². The number of aromatic nitrogens is 2. The molecular weight excluding hydrogens is 138 g/mol. The summed E-state index contributed by atoms with van der Waals surface area (Å²) in [5.74, 6) is 0. The van der Waals surface area contributed by atoms with E-state index in [-0.39, 0.29) is 0 Å². The lowest BCUT2D eigenvalue weighted by Crippen LogP contribution is -1.64. The molecule has 0 N–H and O–H groups in total. The van der Waals surface area contributed by atoms with Gasteiger partial charge in [0, 0.05) is 0 Å². The molecule has 4 nitrogen and oxygen atoms in total. The van der Waals surface area contributed by atoms with E-state index in [0.717, 1.165) is 5.01 Å². The normalized spacial score (nSPS) is 6.78. The van der Waals surface area contributed by atoms with Gasteiger partial charge in [-0.1, -0.05) is 0 Å². The SMILES string of the molecule is Cc1nncs1.[N-]=C=O. The largest absolute Gasteiger partial charge is 0.724 e. The second kappa shape index (κ2) is 5.08. The topological polar surface area (TPSA) is 65.2 Å². The first-order valence-corrected chi connectivity index (χ1v) is 2.93. The summed E-state index contributed by atoms with van der Waals surface area (Å²) >= 11 is 1.56. The summed E-state index contributed by atoms with van der Waals surface area (Å²) in [7, 11) is 0. The van der Waals surface area contributed by atoms with Gasteiger partial charge in [-0.2, -0.15) is 0 Å². The van der Waals surface area contributed by atoms with Gasteiger partial charge in [-0.25, -0.2) is 0 Å². The van der Waals surface area contributed by atoms with Crippen LogP contribution in [0.1, 0.15) is 5.01 Å². The molecule has 0 aliphatic heterocycles.